The Morgan fingerprint density at radius 1 is 1.25 bits per heavy atom. The second-order valence-corrected chi connectivity index (χ2v) is 6.77. The number of hydrogen-bond acceptors (Lipinski definition) is 1. The highest BCUT2D eigenvalue weighted by molar-refractivity contribution is 9.10. The monoisotopic (exact) mass is 388 g/mol. The maximum Gasteiger partial charge on any atom is 0.251 e. The molecule has 24 heavy (non-hydrogen) atoms. The Morgan fingerprint density at radius 3 is 2.79 bits per heavy atom. The van der Waals surface area contributed by atoms with Gasteiger partial charge in [0.1, 0.15) is 5.82 Å². The normalized spacial score (nSPS) is 11.0. The van der Waals surface area contributed by atoms with Crippen LogP contribution in [0, 0.1) is 19.7 Å². The van der Waals surface area contributed by atoms with Gasteiger partial charge in [-0.1, -0.05) is 28.1 Å². The van der Waals surface area contributed by atoms with Crippen LogP contribution in [0.1, 0.15) is 27.2 Å². The summed E-state index contributed by atoms with van der Waals surface area (Å²) in [5.41, 5.74) is 4.18. The quantitative estimate of drug-likeness (QED) is 0.670. The third kappa shape index (κ3) is 3.22. The van der Waals surface area contributed by atoms with Gasteiger partial charge in [-0.25, -0.2) is 4.39 Å². The number of aromatic nitrogens is 1. The van der Waals surface area contributed by atoms with Crippen molar-refractivity contribution < 1.29 is 9.18 Å². The summed E-state index contributed by atoms with van der Waals surface area (Å²) < 4.78 is 14.8. The summed E-state index contributed by atoms with van der Waals surface area (Å²) in [5, 5.41) is 3.84. The molecule has 0 fully saturated rings. The summed E-state index contributed by atoms with van der Waals surface area (Å²) in [6.45, 7) is 4.40. The van der Waals surface area contributed by atoms with Gasteiger partial charge < -0.3 is 10.3 Å². The summed E-state index contributed by atoms with van der Waals surface area (Å²) in [6, 6.07) is 10.5. The number of carbonyl (C=O) groups excluding carboxylic acids is 1. The first kappa shape index (κ1) is 16.7. The minimum absolute atomic E-state index is 0.114. The molecule has 0 saturated heterocycles. The number of aromatic amines is 1. The molecule has 0 atom stereocenters. The lowest BCUT2D eigenvalue weighted by Gasteiger charge is -2.07. The number of hydrogen-bond donors (Lipinski definition) is 2. The first-order chi connectivity index (χ1) is 11.5. The fourth-order valence-corrected chi connectivity index (χ4v) is 3.39. The topological polar surface area (TPSA) is 44.9 Å². The van der Waals surface area contributed by atoms with Crippen LogP contribution in [0.4, 0.5) is 4.39 Å². The highest BCUT2D eigenvalue weighted by atomic mass is 79.9. The van der Waals surface area contributed by atoms with E-state index in [0.717, 1.165) is 26.7 Å². The average molecular weight is 389 g/mol. The van der Waals surface area contributed by atoms with E-state index in [1.807, 2.05) is 26.0 Å². The van der Waals surface area contributed by atoms with Crippen molar-refractivity contribution in [2.75, 3.05) is 6.54 Å². The SMILES string of the molecule is Cc1[nH]c2c(F)ccc(C)c2c1CCNC(=O)c1cccc(Br)c1. The Hall–Kier alpha value is -2.14. The molecule has 0 saturated carbocycles. The van der Waals surface area contributed by atoms with E-state index < -0.39 is 0 Å². The summed E-state index contributed by atoms with van der Waals surface area (Å²) in [6.07, 6.45) is 0.649. The summed E-state index contributed by atoms with van der Waals surface area (Å²) in [5.74, 6) is -0.361. The van der Waals surface area contributed by atoms with Crippen LogP contribution in [-0.2, 0) is 6.42 Å². The van der Waals surface area contributed by atoms with Crippen LogP contribution in [0.2, 0.25) is 0 Å². The number of H-pyrrole nitrogens is 1. The molecule has 2 aromatic carbocycles. The van der Waals surface area contributed by atoms with Crippen molar-refractivity contribution in [3.05, 3.63) is 69.1 Å². The smallest absolute Gasteiger partial charge is 0.251 e. The zero-order valence-electron chi connectivity index (χ0n) is 13.5. The molecule has 3 rings (SSSR count). The molecule has 3 aromatic rings. The first-order valence-electron chi connectivity index (χ1n) is 7.77. The third-order valence-electron chi connectivity index (χ3n) is 4.18. The Labute approximate surface area is 148 Å². The lowest BCUT2D eigenvalue weighted by Crippen LogP contribution is -2.25. The van der Waals surface area contributed by atoms with Crippen molar-refractivity contribution in [2.45, 2.75) is 20.3 Å². The van der Waals surface area contributed by atoms with Gasteiger partial charge in [0, 0.05) is 27.7 Å². The molecule has 5 heteroatoms. The maximum atomic E-state index is 14.0. The molecule has 1 amide bonds. The van der Waals surface area contributed by atoms with Gasteiger partial charge in [-0.15, -0.1) is 0 Å². The summed E-state index contributed by atoms with van der Waals surface area (Å²) >= 11 is 3.36. The lowest BCUT2D eigenvalue weighted by atomic mass is 10.0. The number of nitrogens with one attached hydrogen (secondary N) is 2. The Kier molecular flexibility index (Phi) is 4.71. The minimum Gasteiger partial charge on any atom is -0.356 e. The van der Waals surface area contributed by atoms with Gasteiger partial charge in [-0.05, 0) is 55.7 Å². The number of fused-ring (bicyclic) bond motifs is 1. The highest BCUT2D eigenvalue weighted by Gasteiger charge is 2.14. The molecular weight excluding hydrogens is 371 g/mol. The van der Waals surface area contributed by atoms with Gasteiger partial charge in [0.05, 0.1) is 5.52 Å². The standard InChI is InChI=1S/C19H18BrFN2O/c1-11-6-7-16(21)18-17(11)15(12(2)23-18)8-9-22-19(24)13-4-3-5-14(20)10-13/h3-7,10,23H,8-9H2,1-2H3,(H,22,24). The van der Waals surface area contributed by atoms with Gasteiger partial charge in [0.2, 0.25) is 0 Å². The van der Waals surface area contributed by atoms with Crippen LogP contribution in [-0.4, -0.2) is 17.4 Å². The number of halogens is 2. The second kappa shape index (κ2) is 6.77. The van der Waals surface area contributed by atoms with Crippen molar-refractivity contribution in [3.63, 3.8) is 0 Å². The van der Waals surface area contributed by atoms with Crippen molar-refractivity contribution in [1.29, 1.82) is 0 Å². The van der Waals surface area contributed by atoms with Gasteiger partial charge >= 0.3 is 0 Å². The van der Waals surface area contributed by atoms with Crippen LogP contribution in [0.5, 0.6) is 0 Å². The highest BCUT2D eigenvalue weighted by Crippen LogP contribution is 2.27. The third-order valence-corrected chi connectivity index (χ3v) is 4.67. The number of carbonyl (C=O) groups is 1. The first-order valence-corrected chi connectivity index (χ1v) is 8.56. The van der Waals surface area contributed by atoms with Crippen molar-refractivity contribution >= 4 is 32.7 Å². The Morgan fingerprint density at radius 2 is 2.04 bits per heavy atom. The van der Waals surface area contributed by atoms with Crippen LogP contribution in [0.25, 0.3) is 10.9 Å². The van der Waals surface area contributed by atoms with E-state index in [2.05, 4.69) is 26.2 Å². The van der Waals surface area contributed by atoms with E-state index in [9.17, 15) is 9.18 Å². The zero-order valence-corrected chi connectivity index (χ0v) is 15.1. The van der Waals surface area contributed by atoms with E-state index in [4.69, 9.17) is 0 Å². The Balaban J connectivity index is 1.76. The van der Waals surface area contributed by atoms with Crippen LogP contribution >= 0.6 is 15.9 Å². The van der Waals surface area contributed by atoms with E-state index >= 15 is 0 Å². The molecule has 3 nitrogen and oxygen atoms in total. The lowest BCUT2D eigenvalue weighted by molar-refractivity contribution is 0.0954. The van der Waals surface area contributed by atoms with E-state index in [1.165, 1.54) is 6.07 Å². The molecule has 1 heterocycles. The van der Waals surface area contributed by atoms with Gasteiger partial charge in [-0.2, -0.15) is 0 Å². The maximum absolute atomic E-state index is 14.0. The molecule has 0 radical (unpaired) electrons. The van der Waals surface area contributed by atoms with Crippen molar-refractivity contribution in [3.8, 4) is 0 Å². The van der Waals surface area contributed by atoms with E-state index in [-0.39, 0.29) is 11.7 Å². The van der Waals surface area contributed by atoms with Crippen molar-refractivity contribution in [2.24, 2.45) is 0 Å². The molecule has 0 bridgehead atoms. The predicted octanol–water partition coefficient (Wildman–Crippen LogP) is 4.66. The molecule has 0 spiro atoms. The van der Waals surface area contributed by atoms with Crippen LogP contribution in [0.3, 0.4) is 0 Å². The fourth-order valence-electron chi connectivity index (χ4n) is 2.99. The van der Waals surface area contributed by atoms with Gasteiger partial charge in [-0.3, -0.25) is 4.79 Å². The number of aryl methyl sites for hydroxylation is 2. The molecule has 2 N–H and O–H groups in total. The molecule has 0 aliphatic carbocycles. The molecule has 124 valence electrons. The Bertz CT molecular complexity index is 917. The van der Waals surface area contributed by atoms with E-state index in [1.54, 1.807) is 18.2 Å². The predicted molar refractivity (Wildman–Crippen MR) is 97.9 cm³/mol. The second-order valence-electron chi connectivity index (χ2n) is 5.86. The largest absolute Gasteiger partial charge is 0.356 e. The molecule has 0 unspecified atom stereocenters. The van der Waals surface area contributed by atoms with Gasteiger partial charge in [0.15, 0.2) is 0 Å². The number of amides is 1. The zero-order chi connectivity index (χ0) is 17.3. The van der Waals surface area contributed by atoms with Gasteiger partial charge in [0.25, 0.3) is 5.91 Å². The average Bonchev–Trinajstić information content (AvgIpc) is 2.89. The fraction of sp³-hybridized carbons (Fsp3) is 0.211. The number of rotatable bonds is 4. The molecule has 0 aliphatic heterocycles. The molecule has 0 aliphatic rings. The van der Waals surface area contributed by atoms with E-state index in [0.29, 0.717) is 24.0 Å². The summed E-state index contributed by atoms with van der Waals surface area (Å²) in [7, 11) is 0. The van der Waals surface area contributed by atoms with Crippen LogP contribution in [0.15, 0.2) is 40.9 Å². The van der Waals surface area contributed by atoms with Crippen molar-refractivity contribution in [1.82, 2.24) is 10.3 Å². The number of benzene rings is 2. The minimum atomic E-state index is -0.247. The molecule has 1 aromatic heterocycles. The molecular formula is C19H18BrFN2O. The summed E-state index contributed by atoms with van der Waals surface area (Å²) in [4.78, 5) is 15.3. The van der Waals surface area contributed by atoms with Crippen LogP contribution < -0.4 is 5.32 Å².